The second kappa shape index (κ2) is 9.24. The number of thiazole rings is 1. The molecule has 0 bridgehead atoms. The lowest BCUT2D eigenvalue weighted by Gasteiger charge is -2.27. The van der Waals surface area contributed by atoms with Crippen LogP contribution in [0.25, 0.3) is 10.3 Å². The van der Waals surface area contributed by atoms with Gasteiger partial charge in [0, 0.05) is 24.8 Å². The summed E-state index contributed by atoms with van der Waals surface area (Å²) in [5, 5.41) is 17.5. The predicted octanol–water partition coefficient (Wildman–Crippen LogP) is 4.39. The molecule has 30 heavy (non-hydrogen) atoms. The first kappa shape index (κ1) is 21.0. The quantitative estimate of drug-likeness (QED) is 0.517. The Morgan fingerprint density at radius 2 is 1.93 bits per heavy atom. The minimum absolute atomic E-state index is 0.160. The van der Waals surface area contributed by atoms with Gasteiger partial charge in [0.15, 0.2) is 5.13 Å². The average molecular weight is 427 g/mol. The highest BCUT2D eigenvalue weighted by Crippen LogP contribution is 2.28. The number of anilines is 3. The summed E-state index contributed by atoms with van der Waals surface area (Å²) in [7, 11) is 2.13. The largest absolute Gasteiger partial charge is 0.393 e. The van der Waals surface area contributed by atoms with Crippen LogP contribution in [-0.2, 0) is 6.54 Å². The fourth-order valence-electron chi connectivity index (χ4n) is 3.65. The molecule has 1 saturated carbocycles. The topological polar surface area (TPSA) is 86.2 Å². The first-order chi connectivity index (χ1) is 14.5. The average Bonchev–Trinajstić information content (AvgIpc) is 3.11. The Morgan fingerprint density at radius 1 is 1.17 bits per heavy atom. The van der Waals surface area contributed by atoms with Crippen molar-refractivity contribution < 1.29 is 5.11 Å². The molecule has 0 spiro atoms. The van der Waals surface area contributed by atoms with Gasteiger partial charge in [-0.3, -0.25) is 4.90 Å². The zero-order valence-electron chi connectivity index (χ0n) is 17.8. The third-order valence-corrected chi connectivity index (χ3v) is 6.54. The minimum Gasteiger partial charge on any atom is -0.393 e. The molecule has 0 radical (unpaired) electrons. The molecule has 0 aromatic carbocycles. The first-order valence-electron chi connectivity index (χ1n) is 10.6. The van der Waals surface area contributed by atoms with Crippen molar-refractivity contribution in [1.82, 2.24) is 19.9 Å². The van der Waals surface area contributed by atoms with Gasteiger partial charge >= 0.3 is 0 Å². The normalized spacial score (nSPS) is 19.5. The number of aliphatic hydroxyl groups excluding tert-OH is 1. The molecule has 1 aliphatic carbocycles. The van der Waals surface area contributed by atoms with Gasteiger partial charge in [0.1, 0.15) is 22.0 Å². The lowest BCUT2D eigenvalue weighted by Crippen LogP contribution is -2.29. The van der Waals surface area contributed by atoms with Crippen LogP contribution in [0, 0.1) is 0 Å². The second-order valence-corrected chi connectivity index (χ2v) is 9.35. The van der Waals surface area contributed by atoms with Gasteiger partial charge in [-0.1, -0.05) is 11.3 Å². The monoisotopic (exact) mass is 426 g/mol. The molecule has 3 aromatic heterocycles. The van der Waals surface area contributed by atoms with Crippen molar-refractivity contribution in [1.29, 1.82) is 0 Å². The van der Waals surface area contributed by atoms with Gasteiger partial charge in [-0.25, -0.2) is 15.0 Å². The van der Waals surface area contributed by atoms with Gasteiger partial charge in [-0.15, -0.1) is 0 Å². The van der Waals surface area contributed by atoms with E-state index in [0.717, 1.165) is 59.3 Å². The van der Waals surface area contributed by atoms with Gasteiger partial charge in [0.05, 0.1) is 6.10 Å². The fraction of sp³-hybridized carbons (Fsp3) is 0.500. The molecule has 3 N–H and O–H groups in total. The van der Waals surface area contributed by atoms with Crippen LogP contribution in [-0.4, -0.2) is 50.2 Å². The van der Waals surface area contributed by atoms with Crippen LogP contribution < -0.4 is 10.6 Å². The zero-order valence-corrected chi connectivity index (χ0v) is 18.6. The van der Waals surface area contributed by atoms with Gasteiger partial charge in [-0.2, -0.15) is 0 Å². The maximum Gasteiger partial charge on any atom is 0.190 e. The van der Waals surface area contributed by atoms with Crippen LogP contribution in [0.1, 0.15) is 45.1 Å². The number of aliphatic hydroxyl groups is 1. The standard InChI is InChI=1S/C22H30N6OS/c1-14(2)28(3)13-15-11-19(24-16-6-8-17(29)9-7-16)26-20(12-15)27-22-25-18-5-4-10-23-21(18)30-22/h4-5,10-12,14,16-17,29H,6-9,13H2,1-3H3,(H2,24,25,26,27). The van der Waals surface area contributed by atoms with E-state index < -0.39 is 0 Å². The molecule has 4 rings (SSSR count). The highest BCUT2D eigenvalue weighted by Gasteiger charge is 2.20. The summed E-state index contributed by atoms with van der Waals surface area (Å²) >= 11 is 1.53. The van der Waals surface area contributed by atoms with Gasteiger partial charge in [0.2, 0.25) is 0 Å². The minimum atomic E-state index is -0.160. The van der Waals surface area contributed by atoms with E-state index in [9.17, 15) is 5.11 Å². The lowest BCUT2D eigenvalue weighted by atomic mass is 9.93. The maximum absolute atomic E-state index is 9.79. The van der Waals surface area contributed by atoms with Crippen molar-refractivity contribution in [3.63, 3.8) is 0 Å². The Morgan fingerprint density at radius 3 is 2.67 bits per heavy atom. The Bertz CT molecular complexity index is 950. The number of hydrogen-bond acceptors (Lipinski definition) is 8. The van der Waals surface area contributed by atoms with Crippen LogP contribution in [0.3, 0.4) is 0 Å². The second-order valence-electron chi connectivity index (χ2n) is 8.38. The van der Waals surface area contributed by atoms with Gasteiger partial charge in [-0.05, 0) is 76.4 Å². The van der Waals surface area contributed by atoms with Crippen LogP contribution >= 0.6 is 11.3 Å². The van der Waals surface area contributed by atoms with E-state index in [1.54, 1.807) is 6.20 Å². The number of nitrogens with one attached hydrogen (secondary N) is 2. The van der Waals surface area contributed by atoms with E-state index in [4.69, 9.17) is 4.98 Å². The molecule has 160 valence electrons. The Kier molecular flexibility index (Phi) is 6.46. The molecule has 0 unspecified atom stereocenters. The highest BCUT2D eigenvalue weighted by molar-refractivity contribution is 7.21. The third kappa shape index (κ3) is 5.24. The summed E-state index contributed by atoms with van der Waals surface area (Å²) < 4.78 is 0. The van der Waals surface area contributed by atoms with Crippen molar-refractivity contribution in [3.05, 3.63) is 36.0 Å². The molecule has 0 saturated heterocycles. The van der Waals surface area contributed by atoms with Gasteiger partial charge < -0.3 is 15.7 Å². The number of rotatable bonds is 7. The van der Waals surface area contributed by atoms with E-state index in [1.165, 1.54) is 16.9 Å². The summed E-state index contributed by atoms with van der Waals surface area (Å²) in [5.74, 6) is 1.65. The fourth-order valence-corrected chi connectivity index (χ4v) is 4.46. The van der Waals surface area contributed by atoms with Crippen molar-refractivity contribution in [2.45, 2.75) is 64.3 Å². The first-order valence-corrected chi connectivity index (χ1v) is 11.4. The molecule has 3 heterocycles. The molecular weight excluding hydrogens is 396 g/mol. The SMILES string of the molecule is CC(C)N(C)Cc1cc(Nc2nc3cccnc3s2)nc(NC2CCC(O)CC2)c1. The zero-order chi connectivity index (χ0) is 21.1. The van der Waals surface area contributed by atoms with Crippen LogP contribution in [0.2, 0.25) is 0 Å². The summed E-state index contributed by atoms with van der Waals surface area (Å²) in [6, 6.07) is 8.90. The molecule has 1 fully saturated rings. The van der Waals surface area contributed by atoms with Crippen molar-refractivity contribution >= 4 is 38.5 Å². The van der Waals surface area contributed by atoms with E-state index >= 15 is 0 Å². The maximum atomic E-state index is 9.79. The van der Waals surface area contributed by atoms with Crippen molar-refractivity contribution in [2.24, 2.45) is 0 Å². The summed E-state index contributed by atoms with van der Waals surface area (Å²) in [5.41, 5.74) is 2.08. The van der Waals surface area contributed by atoms with Crippen LogP contribution in [0.5, 0.6) is 0 Å². The van der Waals surface area contributed by atoms with Crippen LogP contribution in [0.15, 0.2) is 30.5 Å². The number of nitrogens with zero attached hydrogens (tertiary/aromatic N) is 4. The molecule has 0 atom stereocenters. The van der Waals surface area contributed by atoms with E-state index in [-0.39, 0.29) is 6.10 Å². The smallest absolute Gasteiger partial charge is 0.190 e. The molecule has 8 heteroatoms. The lowest BCUT2D eigenvalue weighted by molar-refractivity contribution is 0.126. The van der Waals surface area contributed by atoms with E-state index in [0.29, 0.717) is 12.1 Å². The van der Waals surface area contributed by atoms with E-state index in [1.807, 2.05) is 12.1 Å². The van der Waals surface area contributed by atoms with Crippen molar-refractivity contribution in [3.8, 4) is 0 Å². The number of pyridine rings is 2. The molecule has 0 amide bonds. The Labute approximate surface area is 181 Å². The van der Waals surface area contributed by atoms with Gasteiger partial charge in [0.25, 0.3) is 0 Å². The molecule has 0 aliphatic heterocycles. The molecule has 7 nitrogen and oxygen atoms in total. The summed E-state index contributed by atoms with van der Waals surface area (Å²) in [4.78, 5) is 17.0. The Balaban J connectivity index is 1.57. The highest BCUT2D eigenvalue weighted by atomic mass is 32.1. The summed E-state index contributed by atoms with van der Waals surface area (Å²) in [6.07, 6.45) is 5.24. The molecule has 1 aliphatic rings. The molecule has 3 aromatic rings. The molecular formula is C22H30N6OS. The van der Waals surface area contributed by atoms with Crippen LogP contribution in [0.4, 0.5) is 16.8 Å². The van der Waals surface area contributed by atoms with E-state index in [2.05, 4.69) is 58.5 Å². The number of hydrogen-bond donors (Lipinski definition) is 3. The number of fused-ring (bicyclic) bond motifs is 1. The third-order valence-electron chi connectivity index (χ3n) is 5.65. The summed E-state index contributed by atoms with van der Waals surface area (Å²) in [6.45, 7) is 5.23. The van der Waals surface area contributed by atoms with Crippen molar-refractivity contribution in [2.75, 3.05) is 17.7 Å². The number of aromatic nitrogens is 3. The Hall–Kier alpha value is -2.29. The predicted molar refractivity (Wildman–Crippen MR) is 123 cm³/mol.